The van der Waals surface area contributed by atoms with Crippen molar-refractivity contribution in [1.29, 1.82) is 0 Å². The van der Waals surface area contributed by atoms with Crippen molar-refractivity contribution in [3.63, 3.8) is 0 Å². The molecule has 1 aliphatic heterocycles. The van der Waals surface area contributed by atoms with Gasteiger partial charge in [0.2, 0.25) is 0 Å². The van der Waals surface area contributed by atoms with Crippen LogP contribution in [0.5, 0.6) is 5.75 Å². The Morgan fingerprint density at radius 2 is 2.06 bits per heavy atom. The summed E-state index contributed by atoms with van der Waals surface area (Å²) in [5.41, 5.74) is 0.914. The van der Waals surface area contributed by atoms with Gasteiger partial charge in [-0.2, -0.15) is 0 Å². The zero-order valence-electron chi connectivity index (χ0n) is 9.41. The maximum Gasteiger partial charge on any atom is 0.165 e. The Kier molecular flexibility index (Phi) is 3.41. The second kappa shape index (κ2) is 4.80. The van der Waals surface area contributed by atoms with Gasteiger partial charge in [-0.1, -0.05) is 6.07 Å². The number of aromatic hydroxyl groups is 1. The van der Waals surface area contributed by atoms with Crippen molar-refractivity contribution in [2.75, 3.05) is 26.2 Å². The maximum absolute atomic E-state index is 13.2. The highest BCUT2D eigenvalue weighted by Gasteiger charge is 2.18. The zero-order valence-corrected chi connectivity index (χ0v) is 9.41. The smallest absolute Gasteiger partial charge is 0.165 e. The Bertz CT molecular complexity index is 364. The molecular weight excluding hydrogens is 207 g/mol. The first-order valence-corrected chi connectivity index (χ1v) is 5.61. The molecule has 1 heterocycles. The van der Waals surface area contributed by atoms with Crippen molar-refractivity contribution in [3.8, 4) is 5.75 Å². The molecule has 1 fully saturated rings. The van der Waals surface area contributed by atoms with Crippen LogP contribution in [0.2, 0.25) is 0 Å². The van der Waals surface area contributed by atoms with Crippen LogP contribution in [-0.2, 0) is 0 Å². The minimum Gasteiger partial charge on any atom is -0.505 e. The van der Waals surface area contributed by atoms with Crippen LogP contribution in [0.25, 0.3) is 0 Å². The third kappa shape index (κ3) is 2.33. The van der Waals surface area contributed by atoms with Gasteiger partial charge in [0.05, 0.1) is 0 Å². The summed E-state index contributed by atoms with van der Waals surface area (Å²) in [6.45, 7) is 5.97. The van der Waals surface area contributed by atoms with Crippen LogP contribution in [-0.4, -0.2) is 36.2 Å². The lowest BCUT2D eigenvalue weighted by atomic mass is 10.1. The molecule has 16 heavy (non-hydrogen) atoms. The third-order valence-electron chi connectivity index (χ3n) is 3.15. The zero-order chi connectivity index (χ0) is 11.5. The Hall–Kier alpha value is -1.13. The molecule has 0 amide bonds. The summed E-state index contributed by atoms with van der Waals surface area (Å²) in [6.07, 6.45) is 0. The summed E-state index contributed by atoms with van der Waals surface area (Å²) < 4.78 is 13.2. The molecular formula is C12H17FN2O. The number of hydrogen-bond acceptors (Lipinski definition) is 3. The van der Waals surface area contributed by atoms with Gasteiger partial charge in [-0.3, -0.25) is 4.90 Å². The molecule has 0 aromatic heterocycles. The second-order valence-electron chi connectivity index (χ2n) is 4.17. The highest BCUT2D eigenvalue weighted by Crippen LogP contribution is 2.24. The molecule has 0 spiro atoms. The monoisotopic (exact) mass is 224 g/mol. The second-order valence-corrected chi connectivity index (χ2v) is 4.17. The van der Waals surface area contributed by atoms with Gasteiger partial charge in [0, 0.05) is 32.2 Å². The average molecular weight is 224 g/mol. The highest BCUT2D eigenvalue weighted by molar-refractivity contribution is 5.29. The first-order valence-electron chi connectivity index (χ1n) is 5.61. The van der Waals surface area contributed by atoms with Crippen LogP contribution in [0, 0.1) is 5.82 Å². The van der Waals surface area contributed by atoms with Crippen molar-refractivity contribution in [3.05, 3.63) is 29.6 Å². The minimum absolute atomic E-state index is 0.192. The van der Waals surface area contributed by atoms with Crippen molar-refractivity contribution < 1.29 is 9.50 Å². The predicted molar refractivity (Wildman–Crippen MR) is 60.9 cm³/mol. The lowest BCUT2D eigenvalue weighted by Gasteiger charge is -2.33. The summed E-state index contributed by atoms with van der Waals surface area (Å²) in [6, 6.07) is 4.81. The quantitative estimate of drug-likeness (QED) is 0.799. The normalized spacial score (nSPS) is 19.6. The Morgan fingerprint density at radius 1 is 1.38 bits per heavy atom. The van der Waals surface area contributed by atoms with E-state index in [0.29, 0.717) is 0 Å². The molecule has 1 aliphatic rings. The molecule has 3 nitrogen and oxygen atoms in total. The summed E-state index contributed by atoms with van der Waals surface area (Å²) in [4.78, 5) is 2.31. The van der Waals surface area contributed by atoms with E-state index in [9.17, 15) is 4.39 Å². The van der Waals surface area contributed by atoms with E-state index in [0.717, 1.165) is 31.7 Å². The molecule has 1 aromatic rings. The van der Waals surface area contributed by atoms with Gasteiger partial charge in [-0.25, -0.2) is 4.39 Å². The maximum atomic E-state index is 13.2. The topological polar surface area (TPSA) is 35.5 Å². The Labute approximate surface area is 94.9 Å². The van der Waals surface area contributed by atoms with Gasteiger partial charge in [0.25, 0.3) is 0 Å². The van der Waals surface area contributed by atoms with E-state index in [4.69, 9.17) is 5.11 Å². The summed E-state index contributed by atoms with van der Waals surface area (Å²) >= 11 is 0. The standard InChI is InChI=1S/C12H17FN2O/c1-9(15-6-4-14-5-7-15)10-2-3-12(16)11(13)8-10/h2-3,8-9,14,16H,4-7H2,1H3/t9-/m0/s1. The van der Waals surface area contributed by atoms with Crippen molar-refractivity contribution in [2.24, 2.45) is 0 Å². The molecule has 1 saturated heterocycles. The van der Waals surface area contributed by atoms with E-state index in [1.807, 2.05) is 0 Å². The number of hydrogen-bond donors (Lipinski definition) is 2. The number of rotatable bonds is 2. The summed E-state index contributed by atoms with van der Waals surface area (Å²) in [5.74, 6) is -0.823. The van der Waals surface area contributed by atoms with Crippen LogP contribution in [0.15, 0.2) is 18.2 Å². The minimum atomic E-state index is -0.542. The number of halogens is 1. The Balaban J connectivity index is 2.12. The molecule has 0 aliphatic carbocycles. The van der Waals surface area contributed by atoms with Gasteiger partial charge in [0.1, 0.15) is 0 Å². The summed E-state index contributed by atoms with van der Waals surface area (Å²) in [7, 11) is 0. The number of phenols is 1. The van der Waals surface area contributed by atoms with E-state index in [2.05, 4.69) is 17.1 Å². The van der Waals surface area contributed by atoms with Gasteiger partial charge < -0.3 is 10.4 Å². The molecule has 4 heteroatoms. The molecule has 1 aromatic carbocycles. The van der Waals surface area contributed by atoms with E-state index in [1.165, 1.54) is 12.1 Å². The fourth-order valence-electron chi connectivity index (χ4n) is 2.06. The molecule has 2 N–H and O–H groups in total. The molecule has 0 bridgehead atoms. The molecule has 0 unspecified atom stereocenters. The summed E-state index contributed by atoms with van der Waals surface area (Å²) in [5, 5.41) is 12.4. The van der Waals surface area contributed by atoms with E-state index in [-0.39, 0.29) is 11.8 Å². The first kappa shape index (κ1) is 11.4. The third-order valence-corrected chi connectivity index (χ3v) is 3.15. The fourth-order valence-corrected chi connectivity index (χ4v) is 2.06. The Morgan fingerprint density at radius 3 is 2.69 bits per heavy atom. The van der Waals surface area contributed by atoms with Gasteiger partial charge in [-0.15, -0.1) is 0 Å². The first-order chi connectivity index (χ1) is 7.68. The van der Waals surface area contributed by atoms with Crippen LogP contribution in [0.4, 0.5) is 4.39 Å². The van der Waals surface area contributed by atoms with Gasteiger partial charge >= 0.3 is 0 Å². The number of phenolic OH excluding ortho intramolecular Hbond substituents is 1. The number of nitrogens with one attached hydrogen (secondary N) is 1. The lowest BCUT2D eigenvalue weighted by Crippen LogP contribution is -2.44. The molecule has 88 valence electrons. The van der Waals surface area contributed by atoms with E-state index >= 15 is 0 Å². The van der Waals surface area contributed by atoms with E-state index in [1.54, 1.807) is 6.07 Å². The number of nitrogens with zero attached hydrogens (tertiary/aromatic N) is 1. The van der Waals surface area contributed by atoms with Gasteiger partial charge in [-0.05, 0) is 24.6 Å². The van der Waals surface area contributed by atoms with Crippen molar-refractivity contribution >= 4 is 0 Å². The van der Waals surface area contributed by atoms with E-state index < -0.39 is 5.82 Å². The van der Waals surface area contributed by atoms with Crippen LogP contribution >= 0.6 is 0 Å². The molecule has 1 atom stereocenters. The van der Waals surface area contributed by atoms with Crippen molar-refractivity contribution in [1.82, 2.24) is 10.2 Å². The average Bonchev–Trinajstić information content (AvgIpc) is 2.33. The van der Waals surface area contributed by atoms with Crippen molar-refractivity contribution in [2.45, 2.75) is 13.0 Å². The lowest BCUT2D eigenvalue weighted by molar-refractivity contribution is 0.185. The number of piperazine rings is 1. The number of benzene rings is 1. The highest BCUT2D eigenvalue weighted by atomic mass is 19.1. The molecule has 0 saturated carbocycles. The fraction of sp³-hybridized carbons (Fsp3) is 0.500. The van der Waals surface area contributed by atoms with Crippen LogP contribution < -0.4 is 5.32 Å². The molecule has 0 radical (unpaired) electrons. The largest absolute Gasteiger partial charge is 0.505 e. The van der Waals surface area contributed by atoms with Crippen LogP contribution in [0.3, 0.4) is 0 Å². The van der Waals surface area contributed by atoms with Gasteiger partial charge in [0.15, 0.2) is 11.6 Å². The SMILES string of the molecule is C[C@@H](c1ccc(O)c(F)c1)N1CCNCC1. The predicted octanol–water partition coefficient (Wildman–Crippen LogP) is 1.50. The molecule has 2 rings (SSSR count). The van der Waals surface area contributed by atoms with Crippen LogP contribution in [0.1, 0.15) is 18.5 Å².